The van der Waals surface area contributed by atoms with Crippen LogP contribution in [0.2, 0.25) is 0 Å². The third kappa shape index (κ3) is 7.15. The van der Waals surface area contributed by atoms with E-state index in [1.54, 1.807) is 0 Å². The Hall–Kier alpha value is 2.15. The highest BCUT2D eigenvalue weighted by molar-refractivity contribution is 9.10. The molecule has 0 aromatic carbocycles. The van der Waals surface area contributed by atoms with Crippen LogP contribution in [0.4, 0.5) is 4.79 Å². The van der Waals surface area contributed by atoms with Crippen molar-refractivity contribution in [3.63, 3.8) is 0 Å². The van der Waals surface area contributed by atoms with Gasteiger partial charge in [0.25, 0.3) is 0 Å². The van der Waals surface area contributed by atoms with Crippen LogP contribution in [0.5, 0.6) is 0 Å². The van der Waals surface area contributed by atoms with Crippen molar-refractivity contribution in [2.45, 2.75) is 0 Å². The van der Waals surface area contributed by atoms with Crippen LogP contribution in [0.1, 0.15) is 0 Å². The molecule has 0 amide bonds. The molecule has 0 bridgehead atoms. The van der Waals surface area contributed by atoms with Crippen LogP contribution >= 0.6 is 95.6 Å². The Morgan fingerprint density at radius 3 is 1.10 bits per heavy atom. The van der Waals surface area contributed by atoms with Gasteiger partial charge in [0.2, 0.25) is 0 Å². The van der Waals surface area contributed by atoms with E-state index < -0.39 is 6.16 Å². The second-order valence-corrected chi connectivity index (χ2v) is 7.99. The van der Waals surface area contributed by atoms with Crippen molar-refractivity contribution in [2.24, 2.45) is 10.8 Å². The van der Waals surface area contributed by atoms with E-state index in [-0.39, 0.29) is 24.0 Å². The number of halogens is 6. The number of hydrogen-bond donors (Lipinski definition) is 0. The highest BCUT2D eigenvalue weighted by Gasteiger charge is 2.31. The van der Waals surface area contributed by atoms with E-state index in [0.717, 1.165) is 32.0 Å². The van der Waals surface area contributed by atoms with E-state index in [2.05, 4.69) is 95.6 Å². The fraction of sp³-hybridized carbons (Fsp3) is 0.909. The summed E-state index contributed by atoms with van der Waals surface area (Å²) >= 11 is 20.6. The molecule has 0 saturated carbocycles. The minimum absolute atomic E-state index is 0.170. The van der Waals surface area contributed by atoms with Crippen LogP contribution in [0.25, 0.3) is 0 Å². The largest absolute Gasteiger partial charge is 0.508 e. The molecule has 0 N–H and O–H groups in total. The molecule has 9 heteroatoms. The second kappa shape index (κ2) is 11.6. The maximum absolute atomic E-state index is 11.7. The lowest BCUT2D eigenvalue weighted by Crippen LogP contribution is -2.36. The van der Waals surface area contributed by atoms with E-state index in [4.69, 9.17) is 9.47 Å². The highest BCUT2D eigenvalue weighted by atomic mass is 79.9. The van der Waals surface area contributed by atoms with Crippen LogP contribution in [0.3, 0.4) is 0 Å². The molecule has 0 fully saturated rings. The van der Waals surface area contributed by atoms with Crippen molar-refractivity contribution >= 4 is 102 Å². The van der Waals surface area contributed by atoms with Crippen molar-refractivity contribution in [1.29, 1.82) is 0 Å². The Morgan fingerprint density at radius 1 is 0.650 bits per heavy atom. The monoisotopic (exact) mass is 670 g/mol. The zero-order valence-corrected chi connectivity index (χ0v) is 20.2. The van der Waals surface area contributed by atoms with Crippen molar-refractivity contribution in [1.82, 2.24) is 0 Å². The number of ether oxygens (including phenoxy) is 2. The summed E-state index contributed by atoms with van der Waals surface area (Å²) in [5, 5.41) is 4.32. The lowest BCUT2D eigenvalue weighted by Gasteiger charge is -2.28. The molecule has 0 aromatic heterocycles. The summed E-state index contributed by atoms with van der Waals surface area (Å²) in [5.41, 5.74) is -0.341. The maximum atomic E-state index is 11.7. The Kier molecular flexibility index (Phi) is 12.9. The molecule has 0 aliphatic carbocycles. The average molecular weight is 676 g/mol. The van der Waals surface area contributed by atoms with Crippen LogP contribution in [-0.2, 0) is 9.47 Å². The Morgan fingerprint density at radius 2 is 0.900 bits per heavy atom. The topological polar surface area (TPSA) is 35.5 Å². The van der Waals surface area contributed by atoms with Crippen molar-refractivity contribution in [3.8, 4) is 0 Å². The maximum Gasteiger partial charge on any atom is 0.508 e. The highest BCUT2D eigenvalue weighted by Crippen LogP contribution is 2.28. The molecule has 0 aliphatic heterocycles. The van der Waals surface area contributed by atoms with E-state index >= 15 is 0 Å². The van der Waals surface area contributed by atoms with Crippen molar-refractivity contribution in [3.05, 3.63) is 0 Å². The summed E-state index contributed by atoms with van der Waals surface area (Å²) < 4.78 is 10.4. The lowest BCUT2D eigenvalue weighted by atomic mass is 9.98. The number of alkyl halides is 6. The minimum Gasteiger partial charge on any atom is -0.434 e. The molecule has 0 spiro atoms. The van der Waals surface area contributed by atoms with Gasteiger partial charge in [0, 0.05) is 42.8 Å². The molecule has 0 rings (SSSR count). The summed E-state index contributed by atoms with van der Waals surface area (Å²) in [6, 6.07) is 0. The van der Waals surface area contributed by atoms with E-state index in [9.17, 15) is 4.79 Å². The second-order valence-electron chi connectivity index (χ2n) is 4.63. The molecule has 0 aromatic rings. The fourth-order valence-corrected chi connectivity index (χ4v) is 7.45. The van der Waals surface area contributed by atoms with Gasteiger partial charge in [-0.15, -0.1) is 0 Å². The molecule has 120 valence electrons. The number of rotatable bonds is 10. The van der Waals surface area contributed by atoms with Crippen molar-refractivity contribution in [2.75, 3.05) is 45.2 Å². The Balaban J connectivity index is 4.30. The van der Waals surface area contributed by atoms with E-state index in [1.807, 2.05) is 0 Å². The molecule has 0 atom stereocenters. The smallest absolute Gasteiger partial charge is 0.434 e. The van der Waals surface area contributed by atoms with Gasteiger partial charge < -0.3 is 9.47 Å². The van der Waals surface area contributed by atoms with Gasteiger partial charge in [0.15, 0.2) is 0 Å². The molecule has 0 aliphatic rings. The number of carbonyl (C=O) groups excluding carboxylic acids is 1. The molecule has 0 saturated heterocycles. The number of carbonyl (C=O) groups is 1. The summed E-state index contributed by atoms with van der Waals surface area (Å²) in [4.78, 5) is 11.7. The van der Waals surface area contributed by atoms with Crippen molar-refractivity contribution < 1.29 is 14.3 Å². The first-order valence-corrected chi connectivity index (χ1v) is 12.4. The van der Waals surface area contributed by atoms with Crippen LogP contribution in [-0.4, -0.2) is 51.3 Å². The average Bonchev–Trinajstić information content (AvgIpc) is 2.51. The van der Waals surface area contributed by atoms with Gasteiger partial charge in [0.1, 0.15) is 13.2 Å². The van der Waals surface area contributed by atoms with E-state index in [1.165, 1.54) is 0 Å². The molecule has 0 unspecified atom stereocenters. The summed E-state index contributed by atoms with van der Waals surface area (Å²) in [7, 11) is 0. The van der Waals surface area contributed by atoms with E-state index in [0.29, 0.717) is 0 Å². The third-order valence-electron chi connectivity index (χ3n) is 2.69. The Bertz CT molecular complexity index is 239. The normalized spacial score (nSPS) is 12.3. The van der Waals surface area contributed by atoms with Gasteiger partial charge >= 0.3 is 6.16 Å². The van der Waals surface area contributed by atoms with Crippen LogP contribution < -0.4 is 0 Å². The molecule has 3 nitrogen and oxygen atoms in total. The first-order valence-electron chi connectivity index (χ1n) is 5.62. The first-order chi connectivity index (χ1) is 9.46. The summed E-state index contributed by atoms with van der Waals surface area (Å²) in [6.07, 6.45) is -0.635. The van der Waals surface area contributed by atoms with Crippen LogP contribution in [0, 0.1) is 10.8 Å². The van der Waals surface area contributed by atoms with Gasteiger partial charge in [-0.25, -0.2) is 4.79 Å². The predicted octanol–water partition coefficient (Wildman–Crippen LogP) is 5.48. The molecule has 0 heterocycles. The lowest BCUT2D eigenvalue weighted by molar-refractivity contribution is 0.0211. The first kappa shape index (κ1) is 22.1. The standard InChI is InChI=1S/C11H16Br6O3/c12-1-10(2-13,3-14)7-19-9(18)20-8-11(4-15,5-16)6-17/h1-8H2. The zero-order valence-electron chi connectivity index (χ0n) is 10.6. The molecular weight excluding hydrogens is 660 g/mol. The third-order valence-corrected chi connectivity index (χ3v) is 9.83. The molecule has 0 radical (unpaired) electrons. The van der Waals surface area contributed by atoms with Gasteiger partial charge in [0.05, 0.1) is 0 Å². The predicted molar refractivity (Wildman–Crippen MR) is 105 cm³/mol. The molecular formula is C11H16Br6O3. The van der Waals surface area contributed by atoms with Gasteiger partial charge in [-0.1, -0.05) is 95.6 Å². The summed E-state index contributed by atoms with van der Waals surface area (Å²) in [6.45, 7) is 0.578. The van der Waals surface area contributed by atoms with Gasteiger partial charge in [-0.2, -0.15) is 0 Å². The fourth-order valence-electron chi connectivity index (χ4n) is 0.911. The quantitative estimate of drug-likeness (QED) is 0.228. The zero-order chi connectivity index (χ0) is 15.6. The minimum atomic E-state index is -0.635. The SMILES string of the molecule is O=C(OCC(CBr)(CBr)CBr)OCC(CBr)(CBr)CBr. The van der Waals surface area contributed by atoms with Crippen LogP contribution in [0.15, 0.2) is 0 Å². The molecule has 20 heavy (non-hydrogen) atoms. The van der Waals surface area contributed by atoms with Gasteiger partial charge in [-0.3, -0.25) is 0 Å². The number of hydrogen-bond acceptors (Lipinski definition) is 3. The summed E-state index contributed by atoms with van der Waals surface area (Å²) in [5.74, 6) is 0. The Labute approximate surface area is 170 Å². The van der Waals surface area contributed by atoms with Gasteiger partial charge in [-0.05, 0) is 0 Å².